The van der Waals surface area contributed by atoms with Crippen molar-refractivity contribution >= 4 is 0 Å². The fraction of sp³-hybridized carbons (Fsp3) is 0.438. The summed E-state index contributed by atoms with van der Waals surface area (Å²) in [6.45, 7) is -1.48. The molecule has 110 valence electrons. The molecule has 1 aliphatic heterocycles. The molecule has 1 fully saturated rings. The van der Waals surface area contributed by atoms with E-state index in [4.69, 9.17) is 0 Å². The van der Waals surface area contributed by atoms with E-state index in [0.29, 0.717) is 0 Å². The number of alkyl halides is 2. The van der Waals surface area contributed by atoms with E-state index in [1.54, 1.807) is 12.5 Å². The molecule has 3 atom stereocenters. The van der Waals surface area contributed by atoms with E-state index < -0.39 is 30.8 Å². The van der Waals surface area contributed by atoms with Gasteiger partial charge in [-0.05, 0) is 12.0 Å². The Bertz CT molecular complexity index is 680. The maximum absolute atomic E-state index is 13.5. The van der Waals surface area contributed by atoms with Gasteiger partial charge in [0.05, 0.1) is 43.7 Å². The molecular formula is C16H16F2N2O. The average molecular weight is 290 g/mol. The van der Waals surface area contributed by atoms with Crippen molar-refractivity contribution in [1.29, 1.82) is 0 Å². The predicted molar refractivity (Wildman–Crippen MR) is 74.3 cm³/mol. The Morgan fingerprint density at radius 2 is 2.05 bits per heavy atom. The fourth-order valence-corrected chi connectivity index (χ4v) is 4.03. The van der Waals surface area contributed by atoms with Gasteiger partial charge in [0.2, 0.25) is 0 Å². The third-order valence-corrected chi connectivity index (χ3v) is 5.13. The molecule has 2 unspecified atom stereocenters. The van der Waals surface area contributed by atoms with Crippen molar-refractivity contribution in [3.05, 3.63) is 42.4 Å². The maximum Gasteiger partial charge on any atom is 0.0981 e. The number of halogens is 2. The van der Waals surface area contributed by atoms with E-state index in [9.17, 15) is 13.9 Å². The number of aliphatic hydroxyl groups is 1. The van der Waals surface area contributed by atoms with Crippen LogP contribution in [0.25, 0.3) is 11.3 Å². The van der Waals surface area contributed by atoms with Gasteiger partial charge in [0, 0.05) is 16.9 Å². The number of fused-ring (bicyclic) bond motifs is 3. The lowest BCUT2D eigenvalue weighted by Gasteiger charge is -2.53. The molecule has 0 amide bonds. The molecule has 21 heavy (non-hydrogen) atoms. The lowest BCUT2D eigenvalue weighted by atomic mass is 9.56. The van der Waals surface area contributed by atoms with Crippen LogP contribution in [0.5, 0.6) is 0 Å². The van der Waals surface area contributed by atoms with E-state index in [1.807, 2.05) is 28.8 Å². The zero-order valence-electron chi connectivity index (χ0n) is 11.4. The highest BCUT2D eigenvalue weighted by molar-refractivity contribution is 5.69. The minimum atomic E-state index is -1.07. The molecule has 5 heteroatoms. The predicted octanol–water partition coefficient (Wildman–Crippen LogP) is 2.76. The van der Waals surface area contributed by atoms with Crippen LogP contribution in [0, 0.1) is 11.3 Å². The number of hydrogen-bond acceptors (Lipinski definition) is 2. The van der Waals surface area contributed by atoms with E-state index >= 15 is 0 Å². The molecular weight excluding hydrogens is 274 g/mol. The normalized spacial score (nSPS) is 28.8. The maximum atomic E-state index is 13.5. The molecule has 0 bridgehead atoms. The number of rotatable bonds is 3. The van der Waals surface area contributed by atoms with E-state index in [2.05, 4.69) is 4.98 Å². The smallest absolute Gasteiger partial charge is 0.0981 e. The van der Waals surface area contributed by atoms with Crippen LogP contribution in [0.15, 0.2) is 36.8 Å². The Morgan fingerprint density at radius 1 is 1.29 bits per heavy atom. The first-order valence-corrected chi connectivity index (χ1v) is 7.13. The van der Waals surface area contributed by atoms with Gasteiger partial charge < -0.3 is 9.67 Å². The highest BCUT2D eigenvalue weighted by Gasteiger charge is 2.59. The molecule has 2 heterocycles. The second-order valence-electron chi connectivity index (χ2n) is 6.15. The van der Waals surface area contributed by atoms with Crippen molar-refractivity contribution in [1.82, 2.24) is 9.55 Å². The Morgan fingerprint density at radius 3 is 2.76 bits per heavy atom. The molecule has 3 nitrogen and oxygen atoms in total. The first-order chi connectivity index (χ1) is 10.2. The summed E-state index contributed by atoms with van der Waals surface area (Å²) >= 11 is 0. The van der Waals surface area contributed by atoms with Crippen molar-refractivity contribution in [3.63, 3.8) is 0 Å². The Hall–Kier alpha value is -1.75. The summed E-state index contributed by atoms with van der Waals surface area (Å²) in [6, 6.07) is 7.57. The molecule has 4 rings (SSSR count). The molecule has 1 aliphatic carbocycles. The van der Waals surface area contributed by atoms with Gasteiger partial charge in [-0.15, -0.1) is 0 Å². The molecule has 2 aromatic rings. The van der Waals surface area contributed by atoms with Crippen LogP contribution in [-0.4, -0.2) is 34.1 Å². The average Bonchev–Trinajstić information content (AvgIpc) is 3.08. The topological polar surface area (TPSA) is 38.1 Å². The zero-order valence-corrected chi connectivity index (χ0v) is 11.4. The quantitative estimate of drug-likeness (QED) is 0.944. The van der Waals surface area contributed by atoms with Gasteiger partial charge in [-0.2, -0.15) is 0 Å². The second kappa shape index (κ2) is 4.37. The summed E-state index contributed by atoms with van der Waals surface area (Å²) in [5, 5.41) is 10.2. The molecule has 1 aromatic heterocycles. The third-order valence-electron chi connectivity index (χ3n) is 5.13. The van der Waals surface area contributed by atoms with Crippen molar-refractivity contribution in [2.75, 3.05) is 13.3 Å². The summed E-state index contributed by atoms with van der Waals surface area (Å²) < 4.78 is 28.9. The van der Waals surface area contributed by atoms with Crippen molar-refractivity contribution in [3.8, 4) is 11.3 Å². The van der Waals surface area contributed by atoms with E-state index in [1.165, 1.54) is 0 Å². The third kappa shape index (κ3) is 1.52. The Balaban J connectivity index is 1.86. The zero-order chi connectivity index (χ0) is 14.6. The Labute approximate surface area is 121 Å². The van der Waals surface area contributed by atoms with Gasteiger partial charge in [0.15, 0.2) is 0 Å². The number of benzene rings is 1. The highest BCUT2D eigenvalue weighted by Crippen LogP contribution is 2.57. The van der Waals surface area contributed by atoms with Crippen molar-refractivity contribution in [2.45, 2.75) is 18.6 Å². The van der Waals surface area contributed by atoms with Gasteiger partial charge in [-0.1, -0.05) is 24.3 Å². The Kier molecular flexibility index (Phi) is 2.70. The SMILES string of the molecule is OC1CC(CF)(CF)C1[C@H]1c2ccccc2-c2cncn21. The summed E-state index contributed by atoms with van der Waals surface area (Å²) in [6.07, 6.45) is 2.96. The van der Waals surface area contributed by atoms with Crippen LogP contribution < -0.4 is 0 Å². The van der Waals surface area contributed by atoms with Crippen LogP contribution in [0.4, 0.5) is 8.78 Å². The van der Waals surface area contributed by atoms with Gasteiger partial charge >= 0.3 is 0 Å². The number of hydrogen-bond donors (Lipinski definition) is 1. The largest absolute Gasteiger partial charge is 0.393 e. The molecule has 0 radical (unpaired) electrons. The van der Waals surface area contributed by atoms with Crippen LogP contribution in [0.3, 0.4) is 0 Å². The van der Waals surface area contributed by atoms with Crippen LogP contribution in [-0.2, 0) is 0 Å². The lowest BCUT2D eigenvalue weighted by molar-refractivity contribution is -0.143. The molecule has 0 saturated heterocycles. The number of nitrogens with zero attached hydrogens (tertiary/aromatic N) is 2. The summed E-state index contributed by atoms with van der Waals surface area (Å²) in [5.74, 6) is -0.455. The van der Waals surface area contributed by atoms with Gasteiger partial charge in [-0.3, -0.25) is 8.78 Å². The van der Waals surface area contributed by atoms with Gasteiger partial charge in [0.25, 0.3) is 0 Å². The minimum absolute atomic E-state index is 0.188. The van der Waals surface area contributed by atoms with Crippen LogP contribution >= 0.6 is 0 Å². The molecule has 2 aliphatic rings. The second-order valence-corrected chi connectivity index (χ2v) is 6.15. The van der Waals surface area contributed by atoms with Crippen molar-refractivity contribution < 1.29 is 13.9 Å². The van der Waals surface area contributed by atoms with Gasteiger partial charge in [0.1, 0.15) is 0 Å². The van der Waals surface area contributed by atoms with E-state index in [0.717, 1.165) is 16.8 Å². The molecule has 1 saturated carbocycles. The van der Waals surface area contributed by atoms with Gasteiger partial charge in [-0.25, -0.2) is 4.98 Å². The number of aliphatic hydroxyl groups excluding tert-OH is 1. The highest BCUT2D eigenvalue weighted by atomic mass is 19.1. The first kappa shape index (κ1) is 13.0. The number of imidazole rings is 1. The molecule has 1 aromatic carbocycles. The number of aromatic nitrogens is 2. The monoisotopic (exact) mass is 290 g/mol. The first-order valence-electron chi connectivity index (χ1n) is 7.13. The minimum Gasteiger partial charge on any atom is -0.393 e. The lowest BCUT2D eigenvalue weighted by Crippen LogP contribution is -2.57. The van der Waals surface area contributed by atoms with Crippen LogP contribution in [0.2, 0.25) is 0 Å². The van der Waals surface area contributed by atoms with Crippen LogP contribution in [0.1, 0.15) is 18.0 Å². The molecule has 0 spiro atoms. The fourth-order valence-electron chi connectivity index (χ4n) is 4.03. The standard InChI is InChI=1S/C16H16F2N2O/c17-7-16(8-18)5-13(21)14(16)15-11-4-2-1-3-10(11)12-6-19-9-20(12)15/h1-4,6,9,13-15,21H,5,7-8H2/t13?,14?,15-/m1/s1. The summed E-state index contributed by atoms with van der Waals surface area (Å²) in [7, 11) is 0. The van der Waals surface area contributed by atoms with E-state index in [-0.39, 0.29) is 12.5 Å². The summed E-state index contributed by atoms with van der Waals surface area (Å²) in [5.41, 5.74) is 1.93. The molecule has 1 N–H and O–H groups in total. The summed E-state index contributed by atoms with van der Waals surface area (Å²) in [4.78, 5) is 4.15. The van der Waals surface area contributed by atoms with Crippen molar-refractivity contribution in [2.24, 2.45) is 11.3 Å².